The number of methoxy groups -OCH3 is 1. The van der Waals surface area contributed by atoms with Crippen LogP contribution in [0.3, 0.4) is 0 Å². The normalized spacial score (nSPS) is 11.1. The van der Waals surface area contributed by atoms with Crippen LogP contribution in [0.2, 0.25) is 0 Å². The van der Waals surface area contributed by atoms with Crippen molar-refractivity contribution >= 4 is 11.1 Å². The van der Waals surface area contributed by atoms with Gasteiger partial charge in [0.2, 0.25) is 0 Å². The quantitative estimate of drug-likeness (QED) is 0.772. The maximum atomic E-state index is 5.69. The molecule has 0 aliphatic carbocycles. The van der Waals surface area contributed by atoms with E-state index in [1.54, 1.807) is 7.11 Å². The first-order chi connectivity index (χ1) is 7.22. The van der Waals surface area contributed by atoms with E-state index >= 15 is 0 Å². The molecule has 1 aromatic heterocycles. The number of fused-ring (bicyclic) bond motifs is 1. The minimum Gasteiger partial charge on any atom is -0.440 e. The van der Waals surface area contributed by atoms with E-state index in [1.807, 2.05) is 6.07 Å². The molecule has 2 rings (SSSR count). The predicted octanol–water partition coefficient (Wildman–Crippen LogP) is 2.63. The lowest BCUT2D eigenvalue weighted by atomic mass is 10.1. The van der Waals surface area contributed by atoms with E-state index in [2.05, 4.69) is 24.9 Å². The Bertz CT molecular complexity index is 474. The molecule has 0 fully saturated rings. The first-order valence-corrected chi connectivity index (χ1v) is 5.07. The molecule has 3 nitrogen and oxygen atoms in total. The van der Waals surface area contributed by atoms with E-state index < -0.39 is 0 Å². The highest BCUT2D eigenvalue weighted by molar-refractivity contribution is 5.77. The van der Waals surface area contributed by atoms with Crippen LogP contribution < -0.4 is 0 Å². The van der Waals surface area contributed by atoms with Gasteiger partial charge in [-0.05, 0) is 31.0 Å². The molecule has 1 heterocycles. The van der Waals surface area contributed by atoms with Gasteiger partial charge >= 0.3 is 0 Å². The molecule has 0 N–H and O–H groups in total. The molecule has 0 amide bonds. The molecule has 2 aromatic rings. The van der Waals surface area contributed by atoms with Crippen LogP contribution >= 0.6 is 0 Å². The number of aromatic nitrogens is 1. The van der Waals surface area contributed by atoms with Gasteiger partial charge in [0, 0.05) is 13.5 Å². The zero-order valence-corrected chi connectivity index (χ0v) is 9.33. The Balaban J connectivity index is 2.42. The molecule has 0 aliphatic rings. The SMILES string of the molecule is COCCc1nc2ccc(C)c(C)c2o1. The molecule has 0 radical (unpaired) electrons. The van der Waals surface area contributed by atoms with Gasteiger partial charge in [0.15, 0.2) is 11.5 Å². The highest BCUT2D eigenvalue weighted by Gasteiger charge is 2.08. The minimum atomic E-state index is 0.644. The summed E-state index contributed by atoms with van der Waals surface area (Å²) in [6.07, 6.45) is 0.726. The Labute approximate surface area is 89.1 Å². The maximum absolute atomic E-state index is 5.69. The van der Waals surface area contributed by atoms with Crippen molar-refractivity contribution in [1.29, 1.82) is 0 Å². The van der Waals surface area contributed by atoms with Crippen LogP contribution in [0.5, 0.6) is 0 Å². The third kappa shape index (κ3) is 1.88. The van der Waals surface area contributed by atoms with Gasteiger partial charge in [-0.1, -0.05) is 6.07 Å². The number of aryl methyl sites for hydroxylation is 2. The summed E-state index contributed by atoms with van der Waals surface area (Å²) >= 11 is 0. The number of nitrogens with zero attached hydrogens (tertiary/aromatic N) is 1. The Morgan fingerprint density at radius 1 is 1.33 bits per heavy atom. The van der Waals surface area contributed by atoms with Gasteiger partial charge in [0.25, 0.3) is 0 Å². The molecule has 0 aliphatic heterocycles. The molecule has 15 heavy (non-hydrogen) atoms. The number of hydrogen-bond acceptors (Lipinski definition) is 3. The van der Waals surface area contributed by atoms with Crippen molar-refractivity contribution < 1.29 is 9.15 Å². The molecule has 0 saturated carbocycles. The maximum Gasteiger partial charge on any atom is 0.197 e. The summed E-state index contributed by atoms with van der Waals surface area (Å²) in [5.74, 6) is 0.751. The second kappa shape index (κ2) is 4.03. The summed E-state index contributed by atoms with van der Waals surface area (Å²) < 4.78 is 10.7. The fourth-order valence-corrected chi connectivity index (χ4v) is 1.56. The van der Waals surface area contributed by atoms with Crippen LogP contribution in [0.15, 0.2) is 16.5 Å². The average molecular weight is 205 g/mol. The Hall–Kier alpha value is -1.35. The van der Waals surface area contributed by atoms with Gasteiger partial charge in [-0.15, -0.1) is 0 Å². The minimum absolute atomic E-state index is 0.644. The van der Waals surface area contributed by atoms with Crippen LogP contribution in [-0.4, -0.2) is 18.7 Å². The highest BCUT2D eigenvalue weighted by atomic mass is 16.5. The summed E-state index contributed by atoms with van der Waals surface area (Å²) in [5.41, 5.74) is 4.24. The Kier molecular flexibility index (Phi) is 2.73. The van der Waals surface area contributed by atoms with Crippen LogP contribution in [-0.2, 0) is 11.2 Å². The third-order valence-corrected chi connectivity index (χ3v) is 2.64. The lowest BCUT2D eigenvalue weighted by Crippen LogP contribution is -1.93. The fraction of sp³-hybridized carbons (Fsp3) is 0.417. The van der Waals surface area contributed by atoms with Crippen molar-refractivity contribution in [2.45, 2.75) is 20.3 Å². The number of hydrogen-bond donors (Lipinski definition) is 0. The Morgan fingerprint density at radius 2 is 2.13 bits per heavy atom. The second-order valence-electron chi connectivity index (χ2n) is 3.71. The van der Waals surface area contributed by atoms with Gasteiger partial charge in [-0.2, -0.15) is 0 Å². The van der Waals surface area contributed by atoms with Crippen molar-refractivity contribution in [2.75, 3.05) is 13.7 Å². The van der Waals surface area contributed by atoms with Crippen molar-refractivity contribution in [2.24, 2.45) is 0 Å². The lowest BCUT2D eigenvalue weighted by Gasteiger charge is -1.97. The first-order valence-electron chi connectivity index (χ1n) is 5.07. The summed E-state index contributed by atoms with van der Waals surface area (Å²) in [5, 5.41) is 0. The number of benzene rings is 1. The largest absolute Gasteiger partial charge is 0.440 e. The van der Waals surface area contributed by atoms with E-state index in [0.717, 1.165) is 23.4 Å². The topological polar surface area (TPSA) is 35.3 Å². The van der Waals surface area contributed by atoms with E-state index in [0.29, 0.717) is 6.61 Å². The molecule has 0 spiro atoms. The van der Waals surface area contributed by atoms with Crippen molar-refractivity contribution in [3.63, 3.8) is 0 Å². The van der Waals surface area contributed by atoms with Crippen molar-refractivity contribution in [3.05, 3.63) is 29.2 Å². The van der Waals surface area contributed by atoms with E-state index in [4.69, 9.17) is 9.15 Å². The summed E-state index contributed by atoms with van der Waals surface area (Å²) in [6, 6.07) is 4.07. The molecule has 3 heteroatoms. The molecule has 0 saturated heterocycles. The van der Waals surface area contributed by atoms with Crippen LogP contribution in [0.4, 0.5) is 0 Å². The van der Waals surface area contributed by atoms with Crippen LogP contribution in [0, 0.1) is 13.8 Å². The standard InChI is InChI=1S/C12H15NO2/c1-8-4-5-10-12(9(8)2)15-11(13-10)6-7-14-3/h4-5H,6-7H2,1-3H3. The molecular weight excluding hydrogens is 190 g/mol. The summed E-state index contributed by atoms with van der Waals surface area (Å²) in [4.78, 5) is 4.41. The number of oxazole rings is 1. The molecule has 0 atom stereocenters. The van der Waals surface area contributed by atoms with Gasteiger partial charge < -0.3 is 9.15 Å². The number of rotatable bonds is 3. The van der Waals surface area contributed by atoms with E-state index in [-0.39, 0.29) is 0 Å². The zero-order valence-electron chi connectivity index (χ0n) is 9.33. The Morgan fingerprint density at radius 3 is 2.87 bits per heavy atom. The summed E-state index contributed by atoms with van der Waals surface area (Å²) in [7, 11) is 1.68. The van der Waals surface area contributed by atoms with Crippen LogP contribution in [0.1, 0.15) is 17.0 Å². The molecule has 1 aromatic carbocycles. The van der Waals surface area contributed by atoms with Gasteiger partial charge in [-0.3, -0.25) is 0 Å². The smallest absolute Gasteiger partial charge is 0.197 e. The lowest BCUT2D eigenvalue weighted by molar-refractivity contribution is 0.196. The monoisotopic (exact) mass is 205 g/mol. The van der Waals surface area contributed by atoms with Crippen LogP contribution in [0.25, 0.3) is 11.1 Å². The predicted molar refractivity (Wildman–Crippen MR) is 59.1 cm³/mol. The summed E-state index contributed by atoms with van der Waals surface area (Å²) in [6.45, 7) is 4.78. The van der Waals surface area contributed by atoms with E-state index in [1.165, 1.54) is 11.1 Å². The van der Waals surface area contributed by atoms with Gasteiger partial charge in [0.1, 0.15) is 5.52 Å². The molecular formula is C12H15NO2. The van der Waals surface area contributed by atoms with Crippen molar-refractivity contribution in [1.82, 2.24) is 4.98 Å². The van der Waals surface area contributed by atoms with Gasteiger partial charge in [0.05, 0.1) is 6.61 Å². The third-order valence-electron chi connectivity index (χ3n) is 2.64. The highest BCUT2D eigenvalue weighted by Crippen LogP contribution is 2.22. The van der Waals surface area contributed by atoms with E-state index in [9.17, 15) is 0 Å². The second-order valence-corrected chi connectivity index (χ2v) is 3.71. The fourth-order valence-electron chi connectivity index (χ4n) is 1.56. The number of ether oxygens (including phenoxy) is 1. The zero-order chi connectivity index (χ0) is 10.8. The molecule has 80 valence electrons. The molecule has 0 bridgehead atoms. The molecule has 0 unspecified atom stereocenters. The average Bonchev–Trinajstić information content (AvgIpc) is 2.64. The first kappa shape index (κ1) is 10.2. The van der Waals surface area contributed by atoms with Gasteiger partial charge in [-0.25, -0.2) is 4.98 Å². The van der Waals surface area contributed by atoms with Crippen molar-refractivity contribution in [3.8, 4) is 0 Å².